The number of hydrogen-bond acceptors (Lipinski definition) is 3. The zero-order valence-corrected chi connectivity index (χ0v) is 12.0. The van der Waals surface area contributed by atoms with Gasteiger partial charge in [-0.2, -0.15) is 0 Å². The Balaban J connectivity index is 2.01. The molecular weight excluding hydrogens is 238 g/mol. The molecule has 3 nitrogen and oxygen atoms in total. The SMILES string of the molecule is COC(=O)[C@@H]1CC[C@H](Nc2ccccc2C(C)C)C1. The zero-order valence-electron chi connectivity index (χ0n) is 12.0. The fourth-order valence-corrected chi connectivity index (χ4v) is 2.85. The van der Waals surface area contributed by atoms with Gasteiger partial charge in [-0.1, -0.05) is 32.0 Å². The van der Waals surface area contributed by atoms with Crippen LogP contribution >= 0.6 is 0 Å². The smallest absolute Gasteiger partial charge is 0.308 e. The van der Waals surface area contributed by atoms with Crippen molar-refractivity contribution < 1.29 is 9.53 Å². The molecule has 3 heteroatoms. The lowest BCUT2D eigenvalue weighted by Gasteiger charge is -2.19. The van der Waals surface area contributed by atoms with E-state index in [0.29, 0.717) is 12.0 Å². The lowest BCUT2D eigenvalue weighted by atomic mass is 10.0. The van der Waals surface area contributed by atoms with E-state index in [1.54, 1.807) is 0 Å². The summed E-state index contributed by atoms with van der Waals surface area (Å²) in [6, 6.07) is 8.80. The summed E-state index contributed by atoms with van der Waals surface area (Å²) in [5, 5.41) is 3.59. The summed E-state index contributed by atoms with van der Waals surface area (Å²) in [7, 11) is 1.47. The van der Waals surface area contributed by atoms with E-state index in [4.69, 9.17) is 4.74 Å². The monoisotopic (exact) mass is 261 g/mol. The minimum atomic E-state index is -0.0681. The summed E-state index contributed by atoms with van der Waals surface area (Å²) in [5.41, 5.74) is 2.54. The molecule has 0 unspecified atom stereocenters. The van der Waals surface area contributed by atoms with Gasteiger partial charge in [0.05, 0.1) is 13.0 Å². The zero-order chi connectivity index (χ0) is 13.8. The number of anilines is 1. The molecule has 0 heterocycles. The van der Waals surface area contributed by atoms with Gasteiger partial charge in [0.1, 0.15) is 0 Å². The Morgan fingerprint density at radius 1 is 1.32 bits per heavy atom. The van der Waals surface area contributed by atoms with E-state index in [2.05, 4.69) is 43.4 Å². The molecule has 2 atom stereocenters. The fraction of sp³-hybridized carbons (Fsp3) is 0.562. The number of nitrogens with one attached hydrogen (secondary N) is 1. The number of ether oxygens (including phenoxy) is 1. The first-order valence-electron chi connectivity index (χ1n) is 7.05. The van der Waals surface area contributed by atoms with Crippen LogP contribution in [-0.2, 0) is 9.53 Å². The first-order valence-corrected chi connectivity index (χ1v) is 7.05. The second kappa shape index (κ2) is 6.09. The molecule has 104 valence electrons. The molecule has 0 aromatic heterocycles. The van der Waals surface area contributed by atoms with Gasteiger partial charge in [-0.15, -0.1) is 0 Å². The van der Waals surface area contributed by atoms with Crippen molar-refractivity contribution in [2.75, 3.05) is 12.4 Å². The van der Waals surface area contributed by atoms with Crippen molar-refractivity contribution in [2.45, 2.75) is 45.1 Å². The molecule has 2 rings (SSSR count). The van der Waals surface area contributed by atoms with Gasteiger partial charge in [0.15, 0.2) is 0 Å². The molecule has 19 heavy (non-hydrogen) atoms. The highest BCUT2D eigenvalue weighted by Gasteiger charge is 2.30. The summed E-state index contributed by atoms with van der Waals surface area (Å²) in [6.45, 7) is 4.40. The summed E-state index contributed by atoms with van der Waals surface area (Å²) in [5.74, 6) is 0.497. The van der Waals surface area contributed by atoms with Crippen LogP contribution in [0, 0.1) is 5.92 Å². The quantitative estimate of drug-likeness (QED) is 0.842. The van der Waals surface area contributed by atoms with E-state index in [9.17, 15) is 4.79 Å². The van der Waals surface area contributed by atoms with Crippen LogP contribution in [0.15, 0.2) is 24.3 Å². The van der Waals surface area contributed by atoms with Crippen LogP contribution in [0.25, 0.3) is 0 Å². The van der Waals surface area contributed by atoms with Crippen molar-refractivity contribution in [1.29, 1.82) is 0 Å². The maximum absolute atomic E-state index is 11.5. The van der Waals surface area contributed by atoms with Crippen molar-refractivity contribution in [1.82, 2.24) is 0 Å². The lowest BCUT2D eigenvalue weighted by molar-refractivity contribution is -0.145. The molecule has 0 amide bonds. The first-order chi connectivity index (χ1) is 9.11. The number of carbonyl (C=O) groups is 1. The normalized spacial score (nSPS) is 22.5. The highest BCUT2D eigenvalue weighted by atomic mass is 16.5. The van der Waals surface area contributed by atoms with Crippen molar-refractivity contribution in [3.8, 4) is 0 Å². The van der Waals surface area contributed by atoms with Gasteiger partial charge < -0.3 is 10.1 Å². The predicted octanol–water partition coefficient (Wildman–Crippen LogP) is 3.56. The summed E-state index contributed by atoms with van der Waals surface area (Å²) >= 11 is 0. The Kier molecular flexibility index (Phi) is 4.46. The highest BCUT2D eigenvalue weighted by Crippen LogP contribution is 2.31. The summed E-state index contributed by atoms with van der Waals surface area (Å²) in [4.78, 5) is 11.5. The first kappa shape index (κ1) is 13.9. The van der Waals surface area contributed by atoms with Crippen molar-refractivity contribution >= 4 is 11.7 Å². The van der Waals surface area contributed by atoms with E-state index < -0.39 is 0 Å². The van der Waals surface area contributed by atoms with Gasteiger partial charge in [0.25, 0.3) is 0 Å². The van der Waals surface area contributed by atoms with E-state index in [0.717, 1.165) is 19.3 Å². The highest BCUT2D eigenvalue weighted by molar-refractivity contribution is 5.72. The second-order valence-corrected chi connectivity index (χ2v) is 5.62. The molecule has 0 radical (unpaired) electrons. The third-order valence-electron chi connectivity index (χ3n) is 3.91. The molecular formula is C16H23NO2. The number of methoxy groups -OCH3 is 1. The van der Waals surface area contributed by atoms with Crippen molar-refractivity contribution in [3.63, 3.8) is 0 Å². The number of hydrogen-bond donors (Lipinski definition) is 1. The van der Waals surface area contributed by atoms with Crippen LogP contribution in [0.1, 0.15) is 44.6 Å². The molecule has 0 spiro atoms. The summed E-state index contributed by atoms with van der Waals surface area (Å²) in [6.07, 6.45) is 2.83. The maximum Gasteiger partial charge on any atom is 0.308 e. The molecule has 1 aliphatic rings. The average molecular weight is 261 g/mol. The topological polar surface area (TPSA) is 38.3 Å². The molecule has 0 saturated heterocycles. The molecule has 1 fully saturated rings. The third-order valence-corrected chi connectivity index (χ3v) is 3.91. The minimum absolute atomic E-state index is 0.0636. The van der Waals surface area contributed by atoms with Crippen LogP contribution in [0.2, 0.25) is 0 Å². The predicted molar refractivity (Wildman–Crippen MR) is 77.3 cm³/mol. The van der Waals surface area contributed by atoms with Gasteiger partial charge in [0, 0.05) is 11.7 Å². The third kappa shape index (κ3) is 3.28. The maximum atomic E-state index is 11.5. The van der Waals surface area contributed by atoms with Crippen LogP contribution in [0.3, 0.4) is 0 Å². The van der Waals surface area contributed by atoms with Gasteiger partial charge in [-0.05, 0) is 36.8 Å². The number of carbonyl (C=O) groups excluding carboxylic acids is 1. The van der Waals surface area contributed by atoms with E-state index in [1.807, 2.05) is 0 Å². The summed E-state index contributed by atoms with van der Waals surface area (Å²) < 4.78 is 4.83. The molecule has 1 aromatic carbocycles. The molecule has 1 N–H and O–H groups in total. The number of rotatable bonds is 4. The lowest BCUT2D eigenvalue weighted by Crippen LogP contribution is -2.19. The fourth-order valence-electron chi connectivity index (χ4n) is 2.85. The Morgan fingerprint density at radius 2 is 2.05 bits per heavy atom. The molecule has 1 aliphatic carbocycles. The Bertz CT molecular complexity index is 442. The van der Waals surface area contributed by atoms with Gasteiger partial charge >= 0.3 is 5.97 Å². The molecule has 0 aliphatic heterocycles. The molecule has 1 aromatic rings. The van der Waals surface area contributed by atoms with Gasteiger partial charge in [-0.3, -0.25) is 4.79 Å². The molecule has 0 bridgehead atoms. The Labute approximate surface area is 115 Å². The largest absolute Gasteiger partial charge is 0.469 e. The Hall–Kier alpha value is -1.51. The minimum Gasteiger partial charge on any atom is -0.469 e. The standard InChI is InChI=1S/C16H23NO2/c1-11(2)14-6-4-5-7-15(14)17-13-9-8-12(10-13)16(18)19-3/h4-7,11-13,17H,8-10H2,1-3H3/t12-,13+/m1/s1. The average Bonchev–Trinajstić information content (AvgIpc) is 2.86. The number of para-hydroxylation sites is 1. The van der Waals surface area contributed by atoms with Crippen molar-refractivity contribution in [2.24, 2.45) is 5.92 Å². The Morgan fingerprint density at radius 3 is 2.74 bits per heavy atom. The molecule has 1 saturated carbocycles. The van der Waals surface area contributed by atoms with E-state index >= 15 is 0 Å². The number of benzene rings is 1. The van der Waals surface area contributed by atoms with Gasteiger partial charge in [0.2, 0.25) is 0 Å². The van der Waals surface area contributed by atoms with Gasteiger partial charge in [-0.25, -0.2) is 0 Å². The van der Waals surface area contributed by atoms with Crippen LogP contribution in [0.5, 0.6) is 0 Å². The number of esters is 1. The van der Waals surface area contributed by atoms with E-state index in [-0.39, 0.29) is 11.9 Å². The second-order valence-electron chi connectivity index (χ2n) is 5.62. The van der Waals surface area contributed by atoms with E-state index in [1.165, 1.54) is 18.4 Å². The van der Waals surface area contributed by atoms with Crippen molar-refractivity contribution in [3.05, 3.63) is 29.8 Å². The van der Waals surface area contributed by atoms with Crippen LogP contribution in [0.4, 0.5) is 5.69 Å². The van der Waals surface area contributed by atoms with Crippen LogP contribution in [-0.4, -0.2) is 19.1 Å². The van der Waals surface area contributed by atoms with Crippen LogP contribution < -0.4 is 5.32 Å².